The normalized spacial score (nSPS) is 11.0. The zero-order valence-corrected chi connectivity index (χ0v) is 11.7. The van der Waals surface area contributed by atoms with Gasteiger partial charge in [-0.2, -0.15) is 9.97 Å². The number of nitrogens with zero attached hydrogens (tertiary/aromatic N) is 3. The van der Waals surface area contributed by atoms with Crippen LogP contribution in [-0.4, -0.2) is 26.6 Å². The van der Waals surface area contributed by atoms with Gasteiger partial charge in [0.1, 0.15) is 5.60 Å². The molecule has 1 aromatic rings. The molecule has 0 atom stereocenters. The third-order valence-electron chi connectivity index (χ3n) is 1.59. The molecule has 0 radical (unpaired) electrons. The van der Waals surface area contributed by atoms with Crippen LogP contribution in [0.3, 0.4) is 0 Å². The van der Waals surface area contributed by atoms with E-state index in [1.807, 2.05) is 0 Å². The van der Waals surface area contributed by atoms with Crippen molar-refractivity contribution >= 4 is 40.9 Å². The van der Waals surface area contributed by atoms with Gasteiger partial charge in [0.2, 0.25) is 16.3 Å². The van der Waals surface area contributed by atoms with Crippen molar-refractivity contribution in [2.75, 3.05) is 5.32 Å². The number of rotatable bonds is 2. The molecule has 0 aliphatic carbocycles. The zero-order chi connectivity index (χ0) is 14.8. The van der Waals surface area contributed by atoms with E-state index >= 15 is 0 Å². The highest BCUT2D eigenvalue weighted by molar-refractivity contribution is 6.36. The first-order valence-corrected chi connectivity index (χ1v) is 5.73. The van der Waals surface area contributed by atoms with E-state index in [1.165, 1.54) is 0 Å². The van der Waals surface area contributed by atoms with E-state index in [9.17, 15) is 14.9 Å². The Bertz CT molecular complexity index is 506. The molecule has 1 N–H and O–H groups in total. The number of carbonyl (C=O) groups excluding carboxylic acids is 1. The number of nitrogens with one attached hydrogen (secondary N) is 1. The first-order chi connectivity index (χ1) is 8.60. The molecule has 0 saturated heterocycles. The number of hydrogen-bond acceptors (Lipinski definition) is 6. The van der Waals surface area contributed by atoms with Crippen molar-refractivity contribution < 1.29 is 14.5 Å². The molecule has 1 heterocycles. The van der Waals surface area contributed by atoms with Crippen molar-refractivity contribution in [3.05, 3.63) is 20.4 Å². The Morgan fingerprint density at radius 1 is 1.32 bits per heavy atom. The van der Waals surface area contributed by atoms with E-state index in [-0.39, 0.29) is 5.95 Å². The van der Waals surface area contributed by atoms with Crippen LogP contribution in [-0.2, 0) is 4.74 Å². The number of nitro groups is 1. The molecule has 0 aliphatic heterocycles. The largest absolute Gasteiger partial charge is 0.444 e. The number of amides is 1. The van der Waals surface area contributed by atoms with Crippen LogP contribution in [0.1, 0.15) is 20.8 Å². The van der Waals surface area contributed by atoms with Crippen LogP contribution in [0.4, 0.5) is 16.4 Å². The Labute approximate surface area is 118 Å². The molecule has 0 fully saturated rings. The molecule has 0 aliphatic rings. The molecule has 1 rings (SSSR count). The lowest BCUT2D eigenvalue weighted by Gasteiger charge is -2.19. The second-order valence-electron chi connectivity index (χ2n) is 4.36. The minimum Gasteiger partial charge on any atom is -0.444 e. The highest BCUT2D eigenvalue weighted by Crippen LogP contribution is 2.30. The maximum atomic E-state index is 11.4. The predicted molar refractivity (Wildman–Crippen MR) is 68.6 cm³/mol. The van der Waals surface area contributed by atoms with Gasteiger partial charge >= 0.3 is 11.8 Å². The van der Waals surface area contributed by atoms with Crippen LogP contribution in [0, 0.1) is 10.1 Å². The van der Waals surface area contributed by atoms with Gasteiger partial charge in [-0.3, -0.25) is 15.4 Å². The smallest absolute Gasteiger partial charge is 0.414 e. The van der Waals surface area contributed by atoms with Crippen LogP contribution in [0.25, 0.3) is 0 Å². The fraction of sp³-hybridized carbons (Fsp3) is 0.444. The fourth-order valence-corrected chi connectivity index (χ4v) is 1.53. The van der Waals surface area contributed by atoms with Crippen molar-refractivity contribution in [1.29, 1.82) is 0 Å². The van der Waals surface area contributed by atoms with Crippen LogP contribution in [0.5, 0.6) is 0 Å². The monoisotopic (exact) mass is 308 g/mol. The third-order valence-corrected chi connectivity index (χ3v) is 2.12. The van der Waals surface area contributed by atoms with Crippen LogP contribution in [0.15, 0.2) is 0 Å². The molecule has 0 unspecified atom stereocenters. The van der Waals surface area contributed by atoms with Crippen molar-refractivity contribution in [1.82, 2.24) is 9.97 Å². The summed E-state index contributed by atoms with van der Waals surface area (Å²) < 4.78 is 4.95. The van der Waals surface area contributed by atoms with Crippen molar-refractivity contribution in [3.8, 4) is 0 Å². The molecule has 0 saturated carbocycles. The van der Waals surface area contributed by atoms with Crippen molar-refractivity contribution in [2.24, 2.45) is 0 Å². The molecule has 104 valence electrons. The SMILES string of the molecule is CC(C)(C)OC(=O)Nc1nc(Cl)c([N+](=O)[O-])c(Cl)n1. The number of carbonyl (C=O) groups is 1. The average molecular weight is 309 g/mol. The first-order valence-electron chi connectivity index (χ1n) is 4.97. The van der Waals surface area contributed by atoms with Crippen molar-refractivity contribution in [3.63, 3.8) is 0 Å². The predicted octanol–water partition coefficient (Wildman–Crippen LogP) is 3.04. The molecule has 10 heteroatoms. The minimum absolute atomic E-state index is 0.283. The summed E-state index contributed by atoms with van der Waals surface area (Å²) in [6.45, 7) is 5.01. The Kier molecular flexibility index (Phi) is 4.48. The second-order valence-corrected chi connectivity index (χ2v) is 5.08. The number of hydrogen-bond donors (Lipinski definition) is 1. The van der Waals surface area contributed by atoms with Gasteiger partial charge in [-0.1, -0.05) is 23.2 Å². The van der Waals surface area contributed by atoms with Crippen LogP contribution in [0.2, 0.25) is 10.3 Å². The van der Waals surface area contributed by atoms with Gasteiger partial charge in [0, 0.05) is 0 Å². The van der Waals surface area contributed by atoms with Gasteiger partial charge in [0.25, 0.3) is 0 Å². The molecule has 1 aromatic heterocycles. The molecule has 0 spiro atoms. The first kappa shape index (κ1) is 15.4. The van der Waals surface area contributed by atoms with Gasteiger partial charge < -0.3 is 4.74 Å². The van der Waals surface area contributed by atoms with Gasteiger partial charge in [0.05, 0.1) is 4.92 Å². The lowest BCUT2D eigenvalue weighted by molar-refractivity contribution is -0.385. The van der Waals surface area contributed by atoms with Gasteiger partial charge in [-0.05, 0) is 20.8 Å². The molecular weight excluding hydrogens is 299 g/mol. The summed E-state index contributed by atoms with van der Waals surface area (Å²) in [7, 11) is 0. The molecule has 0 aromatic carbocycles. The Balaban J connectivity index is 2.93. The molecule has 19 heavy (non-hydrogen) atoms. The van der Waals surface area contributed by atoms with Crippen LogP contribution < -0.4 is 5.32 Å². The summed E-state index contributed by atoms with van der Waals surface area (Å²) in [6.07, 6.45) is -0.825. The third kappa shape index (κ3) is 4.49. The second kappa shape index (κ2) is 5.54. The highest BCUT2D eigenvalue weighted by atomic mass is 35.5. The molecule has 0 bridgehead atoms. The summed E-state index contributed by atoms with van der Waals surface area (Å²) in [5.41, 5.74) is -1.34. The summed E-state index contributed by atoms with van der Waals surface area (Å²) >= 11 is 11.2. The van der Waals surface area contributed by atoms with Gasteiger partial charge in [-0.15, -0.1) is 0 Å². The van der Waals surface area contributed by atoms with Crippen LogP contribution >= 0.6 is 23.2 Å². The maximum absolute atomic E-state index is 11.4. The maximum Gasteiger partial charge on any atom is 0.414 e. The zero-order valence-electron chi connectivity index (χ0n) is 10.2. The highest BCUT2D eigenvalue weighted by Gasteiger charge is 2.24. The lowest BCUT2D eigenvalue weighted by atomic mass is 10.2. The Morgan fingerprint density at radius 3 is 2.16 bits per heavy atom. The number of ether oxygens (including phenoxy) is 1. The minimum atomic E-state index is -0.825. The number of halogens is 2. The standard InChI is InChI=1S/C9H10Cl2N4O4/c1-9(2,3)19-8(16)14-7-12-5(10)4(15(17)18)6(11)13-7/h1-3H3,(H,12,13,14,16). The molecule has 8 nitrogen and oxygen atoms in total. The quantitative estimate of drug-likeness (QED) is 0.511. The molecule has 1 amide bonds. The van der Waals surface area contributed by atoms with Crippen molar-refractivity contribution in [2.45, 2.75) is 26.4 Å². The Hall–Kier alpha value is -1.67. The Morgan fingerprint density at radius 2 is 1.79 bits per heavy atom. The summed E-state index contributed by atoms with van der Waals surface area (Å²) in [5.74, 6) is -0.283. The number of anilines is 1. The number of aromatic nitrogens is 2. The topological polar surface area (TPSA) is 107 Å². The molecular formula is C9H10Cl2N4O4. The van der Waals surface area contributed by atoms with Gasteiger partial charge in [-0.25, -0.2) is 4.79 Å². The summed E-state index contributed by atoms with van der Waals surface area (Å²) in [4.78, 5) is 28.3. The van der Waals surface area contributed by atoms with E-state index in [4.69, 9.17) is 27.9 Å². The summed E-state index contributed by atoms with van der Waals surface area (Å²) in [6, 6.07) is 0. The lowest BCUT2D eigenvalue weighted by Crippen LogP contribution is -2.27. The van der Waals surface area contributed by atoms with E-state index in [1.54, 1.807) is 20.8 Å². The van der Waals surface area contributed by atoms with E-state index in [0.717, 1.165) is 0 Å². The average Bonchev–Trinajstić information content (AvgIpc) is 2.10. The van der Waals surface area contributed by atoms with Gasteiger partial charge in [0.15, 0.2) is 0 Å². The van der Waals surface area contributed by atoms with E-state index < -0.39 is 32.6 Å². The van der Waals surface area contributed by atoms with E-state index in [2.05, 4.69) is 15.3 Å². The summed E-state index contributed by atoms with van der Waals surface area (Å²) in [5, 5.41) is 11.8. The van der Waals surface area contributed by atoms with E-state index in [0.29, 0.717) is 0 Å². The fourth-order valence-electron chi connectivity index (χ4n) is 1.00.